The number of aromatic nitrogens is 2. The highest BCUT2D eigenvalue weighted by atomic mass is 19.4. The molecule has 1 aromatic carbocycles. The molecule has 0 atom stereocenters. The molecule has 2 aromatic rings. The van der Waals surface area contributed by atoms with Crippen LogP contribution in [0, 0.1) is 11.3 Å². The average molecular weight is 471 g/mol. The Morgan fingerprint density at radius 1 is 1.19 bits per heavy atom. The number of aryl methyl sites for hydroxylation is 1. The fourth-order valence-corrected chi connectivity index (χ4v) is 2.60. The number of hydroxylamine groups is 1. The summed E-state index contributed by atoms with van der Waals surface area (Å²) in [5, 5.41) is 14.5. The van der Waals surface area contributed by atoms with Crippen molar-refractivity contribution in [3.05, 3.63) is 40.6 Å². The maximum absolute atomic E-state index is 13.7. The molecule has 0 bridgehead atoms. The molecule has 0 aliphatic heterocycles. The Hall–Kier alpha value is -3.41. The minimum atomic E-state index is -6.37. The van der Waals surface area contributed by atoms with Gasteiger partial charge in [0.2, 0.25) is 0 Å². The first kappa shape index (κ1) is 24.9. The lowest BCUT2D eigenvalue weighted by atomic mass is 10.1. The van der Waals surface area contributed by atoms with Gasteiger partial charge in [-0.25, -0.2) is 0 Å². The van der Waals surface area contributed by atoms with Gasteiger partial charge in [-0.15, -0.1) is 0 Å². The summed E-state index contributed by atoms with van der Waals surface area (Å²) >= 11 is 0. The molecule has 174 valence electrons. The van der Waals surface area contributed by atoms with Crippen molar-refractivity contribution in [1.29, 1.82) is 5.26 Å². The molecule has 1 N–H and O–H groups in total. The van der Waals surface area contributed by atoms with E-state index in [-0.39, 0.29) is 21.5 Å². The van der Waals surface area contributed by atoms with E-state index in [0.717, 1.165) is 23.3 Å². The number of benzene rings is 1. The first-order chi connectivity index (χ1) is 14.6. The van der Waals surface area contributed by atoms with Gasteiger partial charge in [-0.2, -0.15) is 45.5 Å². The van der Waals surface area contributed by atoms with Gasteiger partial charge in [-0.05, 0) is 18.2 Å². The molecule has 0 aliphatic rings. The number of carbonyl (C=O) groups is 1. The van der Waals surface area contributed by atoms with Gasteiger partial charge in [0.15, 0.2) is 5.69 Å². The Morgan fingerprint density at radius 2 is 1.78 bits per heavy atom. The van der Waals surface area contributed by atoms with Gasteiger partial charge in [-0.1, -0.05) is 0 Å². The number of halogens is 8. The van der Waals surface area contributed by atoms with E-state index in [9.17, 15) is 39.9 Å². The summed E-state index contributed by atoms with van der Waals surface area (Å²) in [5.74, 6) is -8.66. The normalized spacial score (nSPS) is 12.4. The summed E-state index contributed by atoms with van der Waals surface area (Å²) < 4.78 is 106. The van der Waals surface area contributed by atoms with Crippen molar-refractivity contribution in [2.45, 2.75) is 18.3 Å². The third kappa shape index (κ3) is 4.44. The van der Waals surface area contributed by atoms with E-state index in [4.69, 9.17) is 10.1 Å². The Kier molecular flexibility index (Phi) is 6.42. The molecule has 32 heavy (non-hydrogen) atoms. The number of hydrogen-bond donors (Lipinski definition) is 1. The van der Waals surface area contributed by atoms with Crippen molar-refractivity contribution >= 4 is 17.4 Å². The third-order valence-electron chi connectivity index (χ3n) is 4.21. The van der Waals surface area contributed by atoms with Crippen LogP contribution in [0.15, 0.2) is 18.2 Å². The molecule has 1 amide bonds. The van der Waals surface area contributed by atoms with Crippen LogP contribution in [0.3, 0.4) is 0 Å². The zero-order chi connectivity index (χ0) is 24.6. The predicted octanol–water partition coefficient (Wildman–Crippen LogP) is 4.21. The largest absolute Gasteiger partial charge is 0.459 e. The summed E-state index contributed by atoms with van der Waals surface area (Å²) in [6.07, 6.45) is -12.1. The van der Waals surface area contributed by atoms with E-state index in [1.165, 1.54) is 14.2 Å². The molecule has 1 aromatic heterocycles. The van der Waals surface area contributed by atoms with Crippen molar-refractivity contribution in [2.75, 3.05) is 24.5 Å². The molecule has 2 rings (SSSR count). The number of alkyl halides is 8. The number of rotatable bonds is 5. The molecular weight excluding hydrogens is 458 g/mol. The highest BCUT2D eigenvalue weighted by Crippen LogP contribution is 2.49. The number of carbonyl (C=O) groups excluding carboxylic acids is 1. The van der Waals surface area contributed by atoms with Crippen molar-refractivity contribution in [3.63, 3.8) is 0 Å². The second kappa shape index (κ2) is 8.26. The molecule has 0 unspecified atom stereocenters. The number of hydrogen-bond acceptors (Lipinski definition) is 5. The van der Waals surface area contributed by atoms with Gasteiger partial charge in [0.25, 0.3) is 5.91 Å². The van der Waals surface area contributed by atoms with Crippen LogP contribution in [0.1, 0.15) is 27.2 Å². The van der Waals surface area contributed by atoms with Gasteiger partial charge < -0.3 is 5.32 Å². The van der Waals surface area contributed by atoms with E-state index in [1.54, 1.807) is 11.4 Å². The SMILES string of the molecule is CON(C)c1cc(C(=O)Nc2c(C(F)(F)F)c(C(F)(F)C(F)(F)F)nn2C)ccc1C#N. The lowest BCUT2D eigenvalue weighted by Gasteiger charge is -2.20. The fraction of sp³-hybridized carbons (Fsp3) is 0.353. The monoisotopic (exact) mass is 471 g/mol. The molecular formula is C17H13F8N5O2. The number of nitrogens with one attached hydrogen (secondary N) is 1. The molecule has 15 heteroatoms. The van der Waals surface area contributed by atoms with Gasteiger partial charge >= 0.3 is 18.3 Å². The zero-order valence-electron chi connectivity index (χ0n) is 16.4. The number of amides is 1. The maximum atomic E-state index is 13.7. The maximum Gasteiger partial charge on any atom is 0.459 e. The predicted molar refractivity (Wildman–Crippen MR) is 92.7 cm³/mol. The Morgan fingerprint density at radius 3 is 2.25 bits per heavy atom. The van der Waals surface area contributed by atoms with E-state index >= 15 is 0 Å². The highest BCUT2D eigenvalue weighted by Gasteiger charge is 2.64. The van der Waals surface area contributed by atoms with Crippen LogP contribution in [-0.2, 0) is 24.0 Å². The lowest BCUT2D eigenvalue weighted by molar-refractivity contribution is -0.292. The van der Waals surface area contributed by atoms with Crippen LogP contribution in [0.25, 0.3) is 0 Å². The first-order valence-electron chi connectivity index (χ1n) is 8.28. The van der Waals surface area contributed by atoms with Crippen molar-refractivity contribution in [1.82, 2.24) is 9.78 Å². The van der Waals surface area contributed by atoms with Crippen LogP contribution in [-0.4, -0.2) is 36.0 Å². The molecule has 0 radical (unpaired) electrons. The number of nitriles is 1. The fourth-order valence-electron chi connectivity index (χ4n) is 2.60. The summed E-state index contributed by atoms with van der Waals surface area (Å²) in [4.78, 5) is 17.4. The molecule has 0 saturated heterocycles. The topological polar surface area (TPSA) is 83.2 Å². The van der Waals surface area contributed by atoms with Crippen LogP contribution in [0.2, 0.25) is 0 Å². The summed E-state index contributed by atoms with van der Waals surface area (Å²) in [7, 11) is 3.23. The Balaban J connectivity index is 2.59. The van der Waals surface area contributed by atoms with Crippen molar-refractivity contribution in [2.24, 2.45) is 7.05 Å². The Labute approximate surface area is 174 Å². The quantitative estimate of drug-likeness (QED) is 0.522. The average Bonchev–Trinajstić information content (AvgIpc) is 3.03. The van der Waals surface area contributed by atoms with Gasteiger partial charge in [-0.3, -0.25) is 19.4 Å². The zero-order valence-corrected chi connectivity index (χ0v) is 16.4. The van der Waals surface area contributed by atoms with Crippen molar-refractivity contribution in [3.8, 4) is 6.07 Å². The second-order valence-corrected chi connectivity index (χ2v) is 6.24. The minimum Gasteiger partial charge on any atom is -0.306 e. The standard InChI is InChI=1S/C17H13F8N5O2/c1-29-13(11(16(20,21)22)12(28-29)15(18,19)17(23,24)25)27-14(31)8-4-5-9(7-26)10(6-8)30(2)32-3/h4-6H,1-3H3,(H,27,31). The molecule has 7 nitrogen and oxygen atoms in total. The second-order valence-electron chi connectivity index (χ2n) is 6.24. The van der Waals surface area contributed by atoms with Gasteiger partial charge in [0.1, 0.15) is 17.5 Å². The van der Waals surface area contributed by atoms with E-state index in [0.29, 0.717) is 7.05 Å². The molecule has 0 spiro atoms. The van der Waals surface area contributed by atoms with Crippen molar-refractivity contribution < 1.29 is 44.8 Å². The van der Waals surface area contributed by atoms with Crippen LogP contribution in [0.5, 0.6) is 0 Å². The first-order valence-corrected chi connectivity index (χ1v) is 8.28. The summed E-state index contributed by atoms with van der Waals surface area (Å²) in [5.41, 5.74) is -5.34. The summed E-state index contributed by atoms with van der Waals surface area (Å²) in [6.45, 7) is 0. The van der Waals surface area contributed by atoms with Crippen LogP contribution < -0.4 is 10.4 Å². The van der Waals surface area contributed by atoms with Gasteiger partial charge in [0.05, 0.1) is 18.4 Å². The number of nitrogens with zero attached hydrogens (tertiary/aromatic N) is 4. The van der Waals surface area contributed by atoms with E-state index in [2.05, 4.69) is 5.10 Å². The molecule has 0 fully saturated rings. The third-order valence-corrected chi connectivity index (χ3v) is 4.21. The van der Waals surface area contributed by atoms with Crippen LogP contribution >= 0.6 is 0 Å². The van der Waals surface area contributed by atoms with E-state index in [1.807, 2.05) is 0 Å². The molecule has 1 heterocycles. The van der Waals surface area contributed by atoms with Crippen LogP contribution in [0.4, 0.5) is 46.6 Å². The highest BCUT2D eigenvalue weighted by molar-refractivity contribution is 6.05. The smallest absolute Gasteiger partial charge is 0.306 e. The summed E-state index contributed by atoms with van der Waals surface area (Å²) in [6, 6.07) is 5.01. The van der Waals surface area contributed by atoms with Gasteiger partial charge in [0, 0.05) is 19.7 Å². The Bertz CT molecular complexity index is 1070. The molecule has 0 saturated carbocycles. The lowest BCUT2D eigenvalue weighted by Crippen LogP contribution is -2.36. The number of anilines is 2. The minimum absolute atomic E-state index is 0.0227. The van der Waals surface area contributed by atoms with E-state index < -0.39 is 41.3 Å². The molecule has 0 aliphatic carbocycles.